The molecule has 1 aromatic heterocycles. The summed E-state index contributed by atoms with van der Waals surface area (Å²) in [6.45, 7) is 4.78. The molecule has 2 aromatic rings. The third-order valence-corrected chi connectivity index (χ3v) is 3.64. The lowest BCUT2D eigenvalue weighted by Gasteiger charge is -2.22. The number of nitrogens with zero attached hydrogens (tertiary/aromatic N) is 2. The van der Waals surface area contributed by atoms with E-state index in [1.165, 1.54) is 11.1 Å². The number of nitrogens with two attached hydrogens (primary N) is 1. The second-order valence-corrected chi connectivity index (χ2v) is 4.90. The van der Waals surface area contributed by atoms with Crippen LogP contribution in [-0.4, -0.2) is 16.3 Å². The van der Waals surface area contributed by atoms with Gasteiger partial charge < -0.3 is 11.1 Å². The van der Waals surface area contributed by atoms with E-state index in [-0.39, 0.29) is 12.1 Å². The van der Waals surface area contributed by atoms with Crippen LogP contribution in [0.2, 0.25) is 0 Å². The number of rotatable bonds is 5. The summed E-state index contributed by atoms with van der Waals surface area (Å²) in [4.78, 5) is 0. The molecule has 1 heterocycles. The Morgan fingerprint density at radius 2 is 2.00 bits per heavy atom. The molecule has 4 nitrogen and oxygen atoms in total. The van der Waals surface area contributed by atoms with Crippen LogP contribution in [0.5, 0.6) is 0 Å². The van der Waals surface area contributed by atoms with Gasteiger partial charge in [0.05, 0.1) is 6.20 Å². The smallest absolute Gasteiger partial charge is 0.0540 e. The second kappa shape index (κ2) is 5.99. The lowest BCUT2D eigenvalue weighted by Crippen LogP contribution is -2.30. The molecule has 0 fully saturated rings. The van der Waals surface area contributed by atoms with Crippen LogP contribution in [0.4, 0.5) is 0 Å². The molecular weight excluding hydrogens is 236 g/mol. The lowest BCUT2D eigenvalue weighted by atomic mass is 10.0. The van der Waals surface area contributed by atoms with Crippen LogP contribution in [0.15, 0.2) is 36.5 Å². The van der Waals surface area contributed by atoms with Crippen LogP contribution < -0.4 is 11.1 Å². The van der Waals surface area contributed by atoms with Crippen molar-refractivity contribution in [1.29, 1.82) is 0 Å². The van der Waals surface area contributed by atoms with Gasteiger partial charge in [0.15, 0.2) is 0 Å². The van der Waals surface area contributed by atoms with E-state index in [1.807, 2.05) is 24.0 Å². The average Bonchev–Trinajstić information content (AvgIpc) is 2.77. The second-order valence-electron chi connectivity index (χ2n) is 4.90. The molecule has 0 aliphatic carbocycles. The van der Waals surface area contributed by atoms with E-state index in [4.69, 9.17) is 5.73 Å². The van der Waals surface area contributed by atoms with Crippen LogP contribution in [-0.2, 0) is 7.05 Å². The minimum atomic E-state index is 0.129. The molecule has 0 spiro atoms. The molecule has 19 heavy (non-hydrogen) atoms. The first-order valence-corrected chi connectivity index (χ1v) is 6.63. The molecule has 0 amide bonds. The van der Waals surface area contributed by atoms with Crippen LogP contribution in [0.25, 0.3) is 0 Å². The third kappa shape index (κ3) is 3.03. The van der Waals surface area contributed by atoms with Gasteiger partial charge in [0.25, 0.3) is 0 Å². The summed E-state index contributed by atoms with van der Waals surface area (Å²) in [5, 5.41) is 7.86. The van der Waals surface area contributed by atoms with Gasteiger partial charge in [-0.15, -0.1) is 0 Å². The van der Waals surface area contributed by atoms with Gasteiger partial charge in [-0.1, -0.05) is 30.3 Å². The third-order valence-electron chi connectivity index (χ3n) is 3.64. The predicted octanol–water partition coefficient (Wildman–Crippen LogP) is 2.08. The van der Waals surface area contributed by atoms with Gasteiger partial charge in [-0.05, 0) is 19.4 Å². The SMILES string of the molecule is Cc1c(C(CN)NC(C)c2ccccc2)cnn1C. The molecule has 0 bridgehead atoms. The highest BCUT2D eigenvalue weighted by Crippen LogP contribution is 2.20. The van der Waals surface area contributed by atoms with Crippen molar-refractivity contribution in [2.24, 2.45) is 12.8 Å². The maximum absolute atomic E-state index is 5.91. The van der Waals surface area contributed by atoms with Gasteiger partial charge >= 0.3 is 0 Å². The Bertz CT molecular complexity index is 518. The first-order valence-electron chi connectivity index (χ1n) is 6.63. The molecule has 2 unspecified atom stereocenters. The van der Waals surface area contributed by atoms with Gasteiger partial charge in [0.2, 0.25) is 0 Å². The molecule has 1 aromatic carbocycles. The Morgan fingerprint density at radius 3 is 2.53 bits per heavy atom. The van der Waals surface area contributed by atoms with Gasteiger partial charge in [-0.25, -0.2) is 0 Å². The Kier molecular flexibility index (Phi) is 4.35. The Labute approximate surface area is 114 Å². The molecule has 2 rings (SSSR count). The highest BCUT2D eigenvalue weighted by Gasteiger charge is 2.17. The summed E-state index contributed by atoms with van der Waals surface area (Å²) in [6, 6.07) is 10.8. The molecule has 4 heteroatoms. The minimum absolute atomic E-state index is 0.129. The van der Waals surface area contributed by atoms with E-state index >= 15 is 0 Å². The maximum Gasteiger partial charge on any atom is 0.0540 e. The van der Waals surface area contributed by atoms with E-state index in [1.54, 1.807) is 0 Å². The van der Waals surface area contributed by atoms with Crippen LogP contribution in [0.1, 0.15) is 35.8 Å². The molecule has 0 saturated heterocycles. The maximum atomic E-state index is 5.91. The van der Waals surface area contributed by atoms with Crippen molar-refractivity contribution in [2.45, 2.75) is 25.9 Å². The van der Waals surface area contributed by atoms with Crippen LogP contribution in [0, 0.1) is 6.92 Å². The zero-order chi connectivity index (χ0) is 13.8. The van der Waals surface area contributed by atoms with Gasteiger partial charge in [-0.2, -0.15) is 5.10 Å². The van der Waals surface area contributed by atoms with Crippen molar-refractivity contribution >= 4 is 0 Å². The Morgan fingerprint density at radius 1 is 1.32 bits per heavy atom. The van der Waals surface area contributed by atoms with E-state index in [2.05, 4.69) is 48.5 Å². The molecule has 0 radical (unpaired) electrons. The first kappa shape index (κ1) is 13.8. The van der Waals surface area contributed by atoms with Gasteiger partial charge in [-0.3, -0.25) is 4.68 Å². The molecular formula is C15H22N4. The molecule has 3 N–H and O–H groups in total. The number of aromatic nitrogens is 2. The molecule has 0 saturated carbocycles. The fraction of sp³-hybridized carbons (Fsp3) is 0.400. The molecule has 2 atom stereocenters. The van der Waals surface area contributed by atoms with E-state index in [9.17, 15) is 0 Å². The van der Waals surface area contributed by atoms with Crippen molar-refractivity contribution in [3.05, 3.63) is 53.3 Å². The van der Waals surface area contributed by atoms with Crippen molar-refractivity contribution in [3.63, 3.8) is 0 Å². The lowest BCUT2D eigenvalue weighted by molar-refractivity contribution is 0.471. The van der Waals surface area contributed by atoms with Crippen LogP contribution in [0.3, 0.4) is 0 Å². The highest BCUT2D eigenvalue weighted by atomic mass is 15.3. The number of aryl methyl sites for hydroxylation is 1. The number of hydrogen-bond donors (Lipinski definition) is 2. The molecule has 0 aliphatic rings. The van der Waals surface area contributed by atoms with E-state index in [0.717, 1.165) is 5.69 Å². The highest BCUT2D eigenvalue weighted by molar-refractivity contribution is 5.23. The summed E-state index contributed by atoms with van der Waals surface area (Å²) >= 11 is 0. The zero-order valence-electron chi connectivity index (χ0n) is 11.8. The van der Waals surface area contributed by atoms with Crippen molar-refractivity contribution < 1.29 is 0 Å². The van der Waals surface area contributed by atoms with Gasteiger partial charge in [0, 0.05) is 36.9 Å². The summed E-state index contributed by atoms with van der Waals surface area (Å²) in [5.74, 6) is 0. The standard InChI is InChI=1S/C15H22N4/c1-11(13-7-5-4-6-8-13)18-15(9-16)14-10-17-19(3)12(14)2/h4-8,10-11,15,18H,9,16H2,1-3H3. The Balaban J connectivity index is 2.14. The molecule has 102 valence electrons. The molecule has 0 aliphatic heterocycles. The minimum Gasteiger partial charge on any atom is -0.329 e. The zero-order valence-corrected chi connectivity index (χ0v) is 11.8. The summed E-state index contributed by atoms with van der Waals surface area (Å²) in [7, 11) is 1.95. The number of benzene rings is 1. The summed E-state index contributed by atoms with van der Waals surface area (Å²) in [5.41, 5.74) is 9.51. The largest absolute Gasteiger partial charge is 0.329 e. The number of hydrogen-bond acceptors (Lipinski definition) is 3. The first-order chi connectivity index (χ1) is 9.13. The van der Waals surface area contributed by atoms with Crippen LogP contribution >= 0.6 is 0 Å². The topological polar surface area (TPSA) is 55.9 Å². The van der Waals surface area contributed by atoms with Crippen molar-refractivity contribution in [1.82, 2.24) is 15.1 Å². The quantitative estimate of drug-likeness (QED) is 0.863. The van der Waals surface area contributed by atoms with Gasteiger partial charge in [0.1, 0.15) is 0 Å². The van der Waals surface area contributed by atoms with Crippen molar-refractivity contribution in [2.75, 3.05) is 6.54 Å². The van der Waals surface area contributed by atoms with E-state index < -0.39 is 0 Å². The predicted molar refractivity (Wildman–Crippen MR) is 77.7 cm³/mol. The fourth-order valence-electron chi connectivity index (χ4n) is 2.28. The van der Waals surface area contributed by atoms with E-state index in [0.29, 0.717) is 6.54 Å². The summed E-state index contributed by atoms with van der Waals surface area (Å²) in [6.07, 6.45) is 1.90. The summed E-state index contributed by atoms with van der Waals surface area (Å²) < 4.78 is 1.88. The normalized spacial score (nSPS) is 14.3. The average molecular weight is 258 g/mol. The Hall–Kier alpha value is -1.65. The fourth-order valence-corrected chi connectivity index (χ4v) is 2.28. The van der Waals surface area contributed by atoms with Crippen molar-refractivity contribution in [3.8, 4) is 0 Å². The number of nitrogens with one attached hydrogen (secondary N) is 1. The monoisotopic (exact) mass is 258 g/mol.